The molecule has 0 fully saturated rings. The molecule has 23 heavy (non-hydrogen) atoms. The van der Waals surface area contributed by atoms with Gasteiger partial charge >= 0.3 is 0 Å². The molecular formula is C17H17N5S. The predicted octanol–water partition coefficient (Wildman–Crippen LogP) is 3.17. The average molecular weight is 323 g/mol. The van der Waals surface area contributed by atoms with Crippen LogP contribution in [0.15, 0.2) is 53.9 Å². The first-order chi connectivity index (χ1) is 11.3. The van der Waals surface area contributed by atoms with E-state index in [1.54, 1.807) is 11.8 Å². The van der Waals surface area contributed by atoms with Crippen molar-refractivity contribution in [2.24, 2.45) is 0 Å². The van der Waals surface area contributed by atoms with Crippen molar-refractivity contribution in [3.8, 4) is 11.4 Å². The first-order valence-corrected chi connectivity index (χ1v) is 8.52. The summed E-state index contributed by atoms with van der Waals surface area (Å²) < 4.78 is 2.19. The van der Waals surface area contributed by atoms with E-state index in [1.807, 2.05) is 18.5 Å². The fourth-order valence-electron chi connectivity index (χ4n) is 2.67. The normalized spacial score (nSPS) is 14.7. The van der Waals surface area contributed by atoms with Gasteiger partial charge in [-0.3, -0.25) is 14.5 Å². The van der Waals surface area contributed by atoms with E-state index < -0.39 is 0 Å². The summed E-state index contributed by atoms with van der Waals surface area (Å²) in [5.41, 5.74) is 3.58. The lowest BCUT2D eigenvalue weighted by atomic mass is 10.1. The summed E-state index contributed by atoms with van der Waals surface area (Å²) in [6, 6.07) is 12.5. The number of rotatable bonds is 3. The third kappa shape index (κ3) is 3.00. The van der Waals surface area contributed by atoms with E-state index in [4.69, 9.17) is 0 Å². The highest BCUT2D eigenvalue weighted by molar-refractivity contribution is 7.99. The summed E-state index contributed by atoms with van der Waals surface area (Å²) in [6.45, 7) is 3.77. The second kappa shape index (κ2) is 6.14. The SMILES string of the molecule is Cc1ccc(-c2nnc3n2CN(Cc2cccnc2)CS3)cc1. The van der Waals surface area contributed by atoms with Gasteiger partial charge in [-0.1, -0.05) is 47.7 Å². The predicted molar refractivity (Wildman–Crippen MR) is 90.7 cm³/mol. The number of aromatic nitrogens is 4. The Hall–Kier alpha value is -2.18. The minimum atomic E-state index is 0.799. The number of fused-ring (bicyclic) bond motifs is 1. The van der Waals surface area contributed by atoms with E-state index in [9.17, 15) is 0 Å². The molecular weight excluding hydrogens is 306 g/mol. The molecule has 1 aromatic carbocycles. The van der Waals surface area contributed by atoms with Crippen LogP contribution in [0.3, 0.4) is 0 Å². The molecule has 3 aromatic rings. The highest BCUT2D eigenvalue weighted by atomic mass is 32.2. The number of pyridine rings is 1. The molecule has 3 heterocycles. The highest BCUT2D eigenvalue weighted by Gasteiger charge is 2.22. The Balaban J connectivity index is 1.59. The minimum Gasteiger partial charge on any atom is -0.288 e. The molecule has 0 atom stereocenters. The lowest BCUT2D eigenvalue weighted by Crippen LogP contribution is -2.30. The van der Waals surface area contributed by atoms with Gasteiger partial charge in [-0.05, 0) is 18.6 Å². The lowest BCUT2D eigenvalue weighted by Gasteiger charge is -2.27. The average Bonchev–Trinajstić information content (AvgIpc) is 3.00. The van der Waals surface area contributed by atoms with Crippen LogP contribution in [0.2, 0.25) is 0 Å². The van der Waals surface area contributed by atoms with Crippen molar-refractivity contribution in [2.75, 3.05) is 5.88 Å². The zero-order chi connectivity index (χ0) is 15.6. The third-order valence-electron chi connectivity index (χ3n) is 3.87. The fourth-order valence-corrected chi connectivity index (χ4v) is 3.54. The van der Waals surface area contributed by atoms with Crippen LogP contribution >= 0.6 is 11.8 Å². The monoisotopic (exact) mass is 323 g/mol. The topological polar surface area (TPSA) is 46.8 Å². The van der Waals surface area contributed by atoms with E-state index in [-0.39, 0.29) is 0 Å². The molecule has 1 aliphatic heterocycles. The first kappa shape index (κ1) is 14.4. The third-order valence-corrected chi connectivity index (χ3v) is 4.93. The number of thioether (sulfide) groups is 1. The van der Waals surface area contributed by atoms with Crippen molar-refractivity contribution in [3.05, 3.63) is 59.9 Å². The van der Waals surface area contributed by atoms with Crippen LogP contribution in [0.4, 0.5) is 0 Å². The van der Waals surface area contributed by atoms with Crippen LogP contribution in [0.5, 0.6) is 0 Å². The Morgan fingerprint density at radius 1 is 1.13 bits per heavy atom. The van der Waals surface area contributed by atoms with Crippen LogP contribution in [0, 0.1) is 6.92 Å². The molecule has 0 spiro atoms. The van der Waals surface area contributed by atoms with E-state index in [0.29, 0.717) is 0 Å². The number of hydrogen-bond donors (Lipinski definition) is 0. The van der Waals surface area contributed by atoms with Gasteiger partial charge in [0, 0.05) is 24.5 Å². The van der Waals surface area contributed by atoms with Gasteiger partial charge in [0.05, 0.1) is 12.5 Å². The maximum absolute atomic E-state index is 4.39. The summed E-state index contributed by atoms with van der Waals surface area (Å²) in [4.78, 5) is 6.56. The number of nitrogens with zero attached hydrogens (tertiary/aromatic N) is 5. The smallest absolute Gasteiger partial charge is 0.193 e. The van der Waals surface area contributed by atoms with Crippen molar-refractivity contribution in [2.45, 2.75) is 25.3 Å². The van der Waals surface area contributed by atoms with Gasteiger partial charge < -0.3 is 0 Å². The highest BCUT2D eigenvalue weighted by Crippen LogP contribution is 2.29. The molecule has 1 aliphatic rings. The van der Waals surface area contributed by atoms with E-state index in [0.717, 1.165) is 35.6 Å². The Bertz CT molecular complexity index is 798. The van der Waals surface area contributed by atoms with Crippen LogP contribution in [-0.2, 0) is 13.2 Å². The molecule has 0 aliphatic carbocycles. The molecule has 0 amide bonds. The van der Waals surface area contributed by atoms with Crippen molar-refractivity contribution >= 4 is 11.8 Å². The van der Waals surface area contributed by atoms with Gasteiger partial charge in [-0.25, -0.2) is 0 Å². The van der Waals surface area contributed by atoms with Gasteiger partial charge in [0.1, 0.15) is 0 Å². The largest absolute Gasteiger partial charge is 0.288 e. The summed E-state index contributed by atoms with van der Waals surface area (Å²) in [6.07, 6.45) is 3.73. The quantitative estimate of drug-likeness (QED) is 0.741. The van der Waals surface area contributed by atoms with Gasteiger partial charge in [0.25, 0.3) is 0 Å². The van der Waals surface area contributed by atoms with Gasteiger partial charge in [-0.15, -0.1) is 10.2 Å². The Labute approximate surface area is 139 Å². The number of benzene rings is 1. The molecule has 0 unspecified atom stereocenters. The molecule has 2 aromatic heterocycles. The lowest BCUT2D eigenvalue weighted by molar-refractivity contribution is 0.231. The molecule has 0 saturated heterocycles. The van der Waals surface area contributed by atoms with Crippen molar-refractivity contribution in [1.82, 2.24) is 24.6 Å². The van der Waals surface area contributed by atoms with E-state index >= 15 is 0 Å². The standard InChI is InChI=1S/C17H17N5S/c1-13-4-6-15(7-5-13)16-19-20-17-22(16)11-21(12-23-17)10-14-3-2-8-18-9-14/h2-9H,10-12H2,1H3. The Morgan fingerprint density at radius 2 is 2.00 bits per heavy atom. The van der Waals surface area contributed by atoms with Crippen molar-refractivity contribution < 1.29 is 0 Å². The fraction of sp³-hybridized carbons (Fsp3) is 0.235. The van der Waals surface area contributed by atoms with Crippen LogP contribution in [0.25, 0.3) is 11.4 Å². The molecule has 5 nitrogen and oxygen atoms in total. The molecule has 6 heteroatoms. The van der Waals surface area contributed by atoms with Crippen LogP contribution in [0.1, 0.15) is 11.1 Å². The molecule has 4 rings (SSSR count). The minimum absolute atomic E-state index is 0.799. The summed E-state index contributed by atoms with van der Waals surface area (Å²) >= 11 is 1.73. The molecule has 0 N–H and O–H groups in total. The molecule has 116 valence electrons. The Morgan fingerprint density at radius 3 is 2.78 bits per heavy atom. The van der Waals surface area contributed by atoms with Crippen molar-refractivity contribution in [3.63, 3.8) is 0 Å². The second-order valence-corrected chi connectivity index (χ2v) is 6.62. The van der Waals surface area contributed by atoms with Gasteiger partial charge in [-0.2, -0.15) is 0 Å². The van der Waals surface area contributed by atoms with E-state index in [2.05, 4.69) is 61.9 Å². The van der Waals surface area contributed by atoms with Crippen LogP contribution < -0.4 is 0 Å². The molecule has 0 saturated carbocycles. The summed E-state index contributed by atoms with van der Waals surface area (Å²) in [5, 5.41) is 9.72. The first-order valence-electron chi connectivity index (χ1n) is 7.54. The van der Waals surface area contributed by atoms with Gasteiger partial charge in [0.15, 0.2) is 11.0 Å². The number of hydrogen-bond acceptors (Lipinski definition) is 5. The number of aryl methyl sites for hydroxylation is 1. The maximum atomic E-state index is 4.39. The van der Waals surface area contributed by atoms with Crippen molar-refractivity contribution in [1.29, 1.82) is 0 Å². The molecule has 0 radical (unpaired) electrons. The van der Waals surface area contributed by atoms with E-state index in [1.165, 1.54) is 11.1 Å². The second-order valence-electron chi connectivity index (χ2n) is 5.71. The maximum Gasteiger partial charge on any atom is 0.193 e. The molecule has 0 bridgehead atoms. The Kier molecular flexibility index (Phi) is 3.85. The summed E-state index contributed by atoms with van der Waals surface area (Å²) in [5.74, 6) is 1.85. The van der Waals surface area contributed by atoms with Crippen LogP contribution in [-0.4, -0.2) is 30.5 Å². The zero-order valence-corrected chi connectivity index (χ0v) is 13.7. The summed E-state index contributed by atoms with van der Waals surface area (Å²) in [7, 11) is 0. The van der Waals surface area contributed by atoms with Gasteiger partial charge in [0.2, 0.25) is 0 Å². The zero-order valence-electron chi connectivity index (χ0n) is 12.9.